The topological polar surface area (TPSA) is 98.5 Å². The number of nitriles is 1. The molecule has 122 valence electrons. The molecule has 0 unspecified atom stereocenters. The highest BCUT2D eigenvalue weighted by Gasteiger charge is 2.48. The molecule has 0 radical (unpaired) electrons. The van der Waals surface area contributed by atoms with Crippen molar-refractivity contribution in [1.82, 2.24) is 4.31 Å². The van der Waals surface area contributed by atoms with Crippen LogP contribution in [0.25, 0.3) is 0 Å². The molecule has 1 N–H and O–H groups in total. The van der Waals surface area contributed by atoms with Crippen LogP contribution in [0.15, 0.2) is 12.1 Å². The average Bonchev–Trinajstić information content (AvgIpc) is 3.25. The molecule has 1 saturated carbocycles. The Morgan fingerprint density at radius 2 is 2.13 bits per heavy atom. The molecule has 0 spiro atoms. The third-order valence-electron chi connectivity index (χ3n) is 4.48. The number of carboxylic acids is 1. The van der Waals surface area contributed by atoms with Gasteiger partial charge in [-0.2, -0.15) is 9.57 Å². The predicted octanol–water partition coefficient (Wildman–Crippen LogP) is 1.52. The van der Waals surface area contributed by atoms with E-state index >= 15 is 0 Å². The quantitative estimate of drug-likeness (QED) is 0.897. The second kappa shape index (κ2) is 5.28. The maximum absolute atomic E-state index is 13.8. The van der Waals surface area contributed by atoms with Crippen molar-refractivity contribution in [1.29, 1.82) is 5.26 Å². The number of hydrogen-bond acceptors (Lipinski definition) is 4. The zero-order valence-corrected chi connectivity index (χ0v) is 13.1. The highest BCUT2D eigenvalue weighted by atomic mass is 32.2. The molecule has 8 heteroatoms. The van der Waals surface area contributed by atoms with Crippen molar-refractivity contribution in [3.05, 3.63) is 34.6 Å². The fraction of sp³-hybridized carbons (Fsp3) is 0.467. The second-order valence-corrected chi connectivity index (χ2v) is 8.07. The smallest absolute Gasteiger partial charge is 0.339 e. The molecule has 1 aromatic rings. The molecule has 0 saturated heterocycles. The SMILES string of the molecule is N#CC1(CS(=O)(=O)N2CCc3ccc(F)c(C(=O)O)c3C2)CC1. The van der Waals surface area contributed by atoms with Gasteiger partial charge in [-0.05, 0) is 36.5 Å². The van der Waals surface area contributed by atoms with Crippen LogP contribution in [0.3, 0.4) is 0 Å². The van der Waals surface area contributed by atoms with Gasteiger partial charge in [0, 0.05) is 13.1 Å². The van der Waals surface area contributed by atoms with E-state index in [-0.39, 0.29) is 24.4 Å². The van der Waals surface area contributed by atoms with Crippen LogP contribution in [0.1, 0.15) is 34.3 Å². The lowest BCUT2D eigenvalue weighted by Gasteiger charge is -2.29. The van der Waals surface area contributed by atoms with Gasteiger partial charge in [0.1, 0.15) is 5.82 Å². The number of aromatic carboxylic acids is 1. The van der Waals surface area contributed by atoms with Crippen molar-refractivity contribution in [3.63, 3.8) is 0 Å². The Balaban J connectivity index is 1.92. The molecule has 23 heavy (non-hydrogen) atoms. The van der Waals surface area contributed by atoms with Gasteiger partial charge in [0.2, 0.25) is 10.0 Å². The van der Waals surface area contributed by atoms with E-state index in [4.69, 9.17) is 5.26 Å². The number of fused-ring (bicyclic) bond motifs is 1. The number of halogens is 1. The van der Waals surface area contributed by atoms with E-state index in [0.29, 0.717) is 24.8 Å². The summed E-state index contributed by atoms with van der Waals surface area (Å²) in [5, 5.41) is 18.3. The molecule has 3 rings (SSSR count). The van der Waals surface area contributed by atoms with Gasteiger partial charge in [-0.15, -0.1) is 0 Å². The maximum atomic E-state index is 13.8. The fourth-order valence-electron chi connectivity index (χ4n) is 2.93. The molecule has 1 heterocycles. The van der Waals surface area contributed by atoms with Gasteiger partial charge < -0.3 is 5.11 Å². The van der Waals surface area contributed by atoms with Crippen LogP contribution in [0.2, 0.25) is 0 Å². The molecule has 1 fully saturated rings. The van der Waals surface area contributed by atoms with Crippen LogP contribution in [-0.4, -0.2) is 36.1 Å². The fourth-order valence-corrected chi connectivity index (χ4v) is 4.86. The van der Waals surface area contributed by atoms with Crippen molar-refractivity contribution in [2.45, 2.75) is 25.8 Å². The average molecular weight is 338 g/mol. The first kappa shape index (κ1) is 15.9. The lowest BCUT2D eigenvalue weighted by molar-refractivity contribution is 0.0689. The van der Waals surface area contributed by atoms with Gasteiger partial charge in [-0.25, -0.2) is 17.6 Å². The zero-order valence-electron chi connectivity index (χ0n) is 12.2. The summed E-state index contributed by atoms with van der Waals surface area (Å²) in [5.41, 5.74) is -0.425. The lowest BCUT2D eigenvalue weighted by atomic mass is 9.95. The molecular formula is C15H15FN2O4S. The van der Waals surface area contributed by atoms with E-state index in [1.54, 1.807) is 0 Å². The van der Waals surface area contributed by atoms with E-state index in [0.717, 1.165) is 6.07 Å². The third kappa shape index (κ3) is 2.82. The number of carboxylic acid groups (broad SMARTS) is 1. The van der Waals surface area contributed by atoms with Crippen LogP contribution in [0, 0.1) is 22.6 Å². The molecule has 2 aliphatic rings. The first-order chi connectivity index (χ1) is 10.8. The molecule has 1 aromatic carbocycles. The van der Waals surface area contributed by atoms with Gasteiger partial charge in [0.25, 0.3) is 0 Å². The number of rotatable bonds is 4. The Bertz CT molecular complexity index is 825. The predicted molar refractivity (Wildman–Crippen MR) is 78.5 cm³/mol. The highest BCUT2D eigenvalue weighted by molar-refractivity contribution is 7.89. The first-order valence-electron chi connectivity index (χ1n) is 7.21. The highest BCUT2D eigenvalue weighted by Crippen LogP contribution is 2.46. The van der Waals surface area contributed by atoms with E-state index in [1.807, 2.05) is 6.07 Å². The van der Waals surface area contributed by atoms with Crippen molar-refractivity contribution in [2.75, 3.05) is 12.3 Å². The summed E-state index contributed by atoms with van der Waals surface area (Å²) in [5.74, 6) is -2.54. The maximum Gasteiger partial charge on any atom is 0.339 e. The Kier molecular flexibility index (Phi) is 3.65. The molecule has 0 atom stereocenters. The van der Waals surface area contributed by atoms with Gasteiger partial charge in [-0.1, -0.05) is 6.07 Å². The van der Waals surface area contributed by atoms with Gasteiger partial charge in [-0.3, -0.25) is 0 Å². The number of nitrogens with zero attached hydrogens (tertiary/aromatic N) is 2. The number of carbonyl (C=O) groups is 1. The van der Waals surface area contributed by atoms with Gasteiger partial charge >= 0.3 is 5.97 Å². The molecular weight excluding hydrogens is 323 g/mol. The second-order valence-electron chi connectivity index (χ2n) is 6.10. The van der Waals surface area contributed by atoms with Gasteiger partial charge in [0.15, 0.2) is 0 Å². The van der Waals surface area contributed by atoms with Crippen molar-refractivity contribution in [2.24, 2.45) is 5.41 Å². The van der Waals surface area contributed by atoms with Gasteiger partial charge in [0.05, 0.1) is 22.8 Å². The minimum Gasteiger partial charge on any atom is -0.478 e. The minimum absolute atomic E-state index is 0.168. The summed E-state index contributed by atoms with van der Waals surface area (Å²) in [4.78, 5) is 11.3. The van der Waals surface area contributed by atoms with E-state index in [9.17, 15) is 22.7 Å². The van der Waals surface area contributed by atoms with Crippen LogP contribution in [0.4, 0.5) is 4.39 Å². The molecule has 1 aliphatic carbocycles. The van der Waals surface area contributed by atoms with E-state index in [1.165, 1.54) is 10.4 Å². The lowest BCUT2D eigenvalue weighted by Crippen LogP contribution is -2.40. The number of hydrogen-bond donors (Lipinski definition) is 1. The largest absolute Gasteiger partial charge is 0.478 e. The Hall–Kier alpha value is -1.98. The van der Waals surface area contributed by atoms with Crippen molar-refractivity contribution >= 4 is 16.0 Å². The van der Waals surface area contributed by atoms with E-state index in [2.05, 4.69) is 0 Å². The van der Waals surface area contributed by atoms with Crippen LogP contribution in [-0.2, 0) is 23.0 Å². The third-order valence-corrected chi connectivity index (χ3v) is 6.50. The monoisotopic (exact) mass is 338 g/mol. The molecule has 6 nitrogen and oxygen atoms in total. The molecule has 0 aromatic heterocycles. The molecule has 0 amide bonds. The minimum atomic E-state index is -3.69. The summed E-state index contributed by atoms with van der Waals surface area (Å²) in [6.45, 7) is 0.0418. The Morgan fingerprint density at radius 1 is 1.43 bits per heavy atom. The Labute approximate surface area is 133 Å². The van der Waals surface area contributed by atoms with Crippen LogP contribution >= 0.6 is 0 Å². The Morgan fingerprint density at radius 3 is 2.70 bits per heavy atom. The zero-order chi connectivity index (χ0) is 16.8. The number of benzene rings is 1. The number of sulfonamides is 1. The van der Waals surface area contributed by atoms with Crippen molar-refractivity contribution in [3.8, 4) is 6.07 Å². The van der Waals surface area contributed by atoms with Crippen LogP contribution < -0.4 is 0 Å². The van der Waals surface area contributed by atoms with Crippen LogP contribution in [0.5, 0.6) is 0 Å². The van der Waals surface area contributed by atoms with Crippen molar-refractivity contribution < 1.29 is 22.7 Å². The summed E-state index contributed by atoms with van der Waals surface area (Å²) in [6, 6.07) is 4.64. The summed E-state index contributed by atoms with van der Waals surface area (Å²) in [6.07, 6.45) is 1.44. The summed E-state index contributed by atoms with van der Waals surface area (Å²) < 4.78 is 40.0. The first-order valence-corrected chi connectivity index (χ1v) is 8.81. The standard InChI is InChI=1S/C15H15FN2O4S/c16-12-2-1-10-3-6-18(7-11(10)13(12)14(19)20)23(21,22)9-15(8-17)4-5-15/h1-2H,3-7,9H2,(H,19,20). The summed E-state index contributed by atoms with van der Waals surface area (Å²) in [7, 11) is -3.69. The summed E-state index contributed by atoms with van der Waals surface area (Å²) >= 11 is 0. The molecule has 0 bridgehead atoms. The normalized spacial score (nSPS) is 19.7. The molecule has 1 aliphatic heterocycles. The van der Waals surface area contributed by atoms with E-state index < -0.39 is 32.8 Å².